The van der Waals surface area contributed by atoms with E-state index in [9.17, 15) is 4.79 Å². The van der Waals surface area contributed by atoms with Gasteiger partial charge in [0.15, 0.2) is 0 Å². The van der Waals surface area contributed by atoms with Crippen molar-refractivity contribution in [2.75, 3.05) is 32.8 Å². The van der Waals surface area contributed by atoms with Crippen molar-refractivity contribution in [1.29, 1.82) is 0 Å². The molecule has 1 aromatic carbocycles. The summed E-state index contributed by atoms with van der Waals surface area (Å²) in [6.07, 6.45) is 7.37. The Labute approximate surface area is 176 Å². The Morgan fingerprint density at radius 1 is 0.967 bits per heavy atom. The molecular weight excluding hydrogens is 378 g/mol. The van der Waals surface area contributed by atoms with Gasteiger partial charge in [0, 0.05) is 56.6 Å². The summed E-state index contributed by atoms with van der Waals surface area (Å²) in [5.41, 5.74) is 1.30. The Hall–Kier alpha value is -2.57. The second kappa shape index (κ2) is 8.66. The minimum Gasteiger partial charge on any atom is -0.490 e. The molecule has 158 valence electrons. The highest BCUT2D eigenvalue weighted by Crippen LogP contribution is 2.32. The summed E-state index contributed by atoms with van der Waals surface area (Å²) in [6.45, 7) is 5.28. The molecule has 2 aromatic heterocycles. The van der Waals surface area contributed by atoms with Gasteiger partial charge in [-0.25, -0.2) is 0 Å². The number of fused-ring (bicyclic) bond motifs is 1. The predicted octanol–water partition coefficient (Wildman–Crippen LogP) is 3.31. The van der Waals surface area contributed by atoms with Crippen molar-refractivity contribution < 1.29 is 9.47 Å². The maximum atomic E-state index is 11.9. The van der Waals surface area contributed by atoms with E-state index in [0.29, 0.717) is 6.04 Å². The number of benzene rings is 1. The molecule has 0 bridgehead atoms. The number of nitrogens with zero attached hydrogens (tertiary/aromatic N) is 3. The minimum atomic E-state index is 0.0694. The van der Waals surface area contributed by atoms with Gasteiger partial charge in [-0.05, 0) is 43.5 Å². The van der Waals surface area contributed by atoms with Crippen molar-refractivity contribution in [2.45, 2.75) is 38.0 Å². The Bertz CT molecular complexity index is 1040. The van der Waals surface area contributed by atoms with Gasteiger partial charge in [0.25, 0.3) is 5.56 Å². The summed E-state index contributed by atoms with van der Waals surface area (Å²) >= 11 is 0. The molecule has 0 radical (unpaired) electrons. The molecule has 6 heteroatoms. The van der Waals surface area contributed by atoms with E-state index in [2.05, 4.69) is 39.9 Å². The quantitative estimate of drug-likeness (QED) is 0.629. The molecule has 1 unspecified atom stereocenters. The average molecular weight is 408 g/mol. The highest BCUT2D eigenvalue weighted by atomic mass is 16.5. The maximum Gasteiger partial charge on any atom is 0.250 e. The van der Waals surface area contributed by atoms with Gasteiger partial charge in [0.05, 0.1) is 18.2 Å². The summed E-state index contributed by atoms with van der Waals surface area (Å²) in [5, 5.41) is 1.19. The third kappa shape index (κ3) is 4.02. The summed E-state index contributed by atoms with van der Waals surface area (Å²) in [4.78, 5) is 14.3. The number of ether oxygens (including phenoxy) is 2. The van der Waals surface area contributed by atoms with Crippen LogP contribution in [0.4, 0.5) is 0 Å². The Morgan fingerprint density at radius 2 is 1.87 bits per heavy atom. The van der Waals surface area contributed by atoms with E-state index in [1.807, 2.05) is 12.3 Å². The predicted molar refractivity (Wildman–Crippen MR) is 117 cm³/mol. The number of rotatable bonds is 6. The molecule has 3 aromatic rings. The first-order chi connectivity index (χ1) is 14.8. The second-order valence-electron chi connectivity index (χ2n) is 8.32. The lowest BCUT2D eigenvalue weighted by Crippen LogP contribution is -2.40. The van der Waals surface area contributed by atoms with E-state index in [0.717, 1.165) is 64.4 Å². The van der Waals surface area contributed by atoms with Gasteiger partial charge in [-0.2, -0.15) is 0 Å². The number of pyridine rings is 1. The van der Waals surface area contributed by atoms with E-state index >= 15 is 0 Å². The number of aromatic nitrogens is 2. The number of hydrogen-bond acceptors (Lipinski definition) is 4. The molecule has 2 fully saturated rings. The molecule has 30 heavy (non-hydrogen) atoms. The molecule has 2 aliphatic rings. The lowest BCUT2D eigenvalue weighted by Gasteiger charge is -2.32. The van der Waals surface area contributed by atoms with Crippen LogP contribution in [0.2, 0.25) is 0 Å². The molecule has 1 atom stereocenters. The zero-order valence-corrected chi connectivity index (χ0v) is 17.3. The van der Waals surface area contributed by atoms with Crippen LogP contribution in [0.25, 0.3) is 10.9 Å². The summed E-state index contributed by atoms with van der Waals surface area (Å²) in [6, 6.07) is 14.3. The zero-order valence-electron chi connectivity index (χ0n) is 17.3. The molecule has 0 aliphatic carbocycles. The lowest BCUT2D eigenvalue weighted by atomic mass is 10.1. The zero-order chi connectivity index (χ0) is 20.3. The van der Waals surface area contributed by atoms with Gasteiger partial charge in [-0.1, -0.05) is 12.1 Å². The number of piperidine rings is 1. The van der Waals surface area contributed by atoms with E-state index < -0.39 is 0 Å². The van der Waals surface area contributed by atoms with Gasteiger partial charge in [0.1, 0.15) is 11.9 Å². The molecule has 2 saturated heterocycles. The third-order valence-corrected chi connectivity index (χ3v) is 6.41. The standard InChI is InChI=1S/C24H29N3O3/c28-24-6-1-2-11-26(24)16-15-25-12-7-20(8-13-25)30-23-5-3-4-22-21(23)9-14-27(22)19-10-17-29-18-19/h1-6,9,11,14,19-20H,7-8,10,12-13,15-18H2. The molecule has 2 aliphatic heterocycles. The van der Waals surface area contributed by atoms with Crippen molar-refractivity contribution in [2.24, 2.45) is 0 Å². The van der Waals surface area contributed by atoms with E-state index in [1.54, 1.807) is 16.7 Å². The van der Waals surface area contributed by atoms with Crippen molar-refractivity contribution in [3.63, 3.8) is 0 Å². The van der Waals surface area contributed by atoms with Crippen LogP contribution < -0.4 is 10.3 Å². The second-order valence-corrected chi connectivity index (χ2v) is 8.32. The van der Waals surface area contributed by atoms with Gasteiger partial charge < -0.3 is 23.5 Å². The number of hydrogen-bond donors (Lipinski definition) is 0. The van der Waals surface area contributed by atoms with Crippen LogP contribution in [0.1, 0.15) is 25.3 Å². The van der Waals surface area contributed by atoms with Gasteiger partial charge in [-0.15, -0.1) is 0 Å². The van der Waals surface area contributed by atoms with Gasteiger partial charge >= 0.3 is 0 Å². The monoisotopic (exact) mass is 407 g/mol. The molecule has 0 saturated carbocycles. The van der Waals surface area contributed by atoms with Crippen molar-refractivity contribution >= 4 is 10.9 Å². The molecule has 5 rings (SSSR count). The minimum absolute atomic E-state index is 0.0694. The normalized spacial score (nSPS) is 20.7. The average Bonchev–Trinajstić information content (AvgIpc) is 3.44. The first-order valence-corrected chi connectivity index (χ1v) is 11.0. The van der Waals surface area contributed by atoms with Crippen LogP contribution in [0.15, 0.2) is 59.7 Å². The molecular formula is C24H29N3O3. The molecule has 0 amide bonds. The fraction of sp³-hybridized carbons (Fsp3) is 0.458. The Kier molecular flexibility index (Phi) is 5.60. The fourth-order valence-corrected chi connectivity index (χ4v) is 4.65. The Balaban J connectivity index is 1.19. The van der Waals surface area contributed by atoms with Gasteiger partial charge in [0.2, 0.25) is 0 Å². The van der Waals surface area contributed by atoms with Crippen LogP contribution in [-0.2, 0) is 11.3 Å². The van der Waals surface area contributed by atoms with Crippen molar-refractivity contribution in [3.8, 4) is 5.75 Å². The SMILES string of the molecule is O=c1ccccn1CCN1CCC(Oc2cccc3c2ccn3C2CCOC2)CC1. The fourth-order valence-electron chi connectivity index (χ4n) is 4.65. The summed E-state index contributed by atoms with van der Waals surface area (Å²) in [5.74, 6) is 0.986. The van der Waals surface area contributed by atoms with Crippen LogP contribution in [0, 0.1) is 0 Å². The molecule has 4 heterocycles. The van der Waals surface area contributed by atoms with E-state index in [4.69, 9.17) is 9.47 Å². The van der Waals surface area contributed by atoms with Crippen molar-refractivity contribution in [3.05, 3.63) is 65.2 Å². The highest BCUT2D eigenvalue weighted by molar-refractivity contribution is 5.86. The van der Waals surface area contributed by atoms with Crippen LogP contribution in [0.5, 0.6) is 5.75 Å². The first kappa shape index (κ1) is 19.4. The van der Waals surface area contributed by atoms with Crippen LogP contribution in [-0.4, -0.2) is 53.0 Å². The highest BCUT2D eigenvalue weighted by Gasteiger charge is 2.23. The Morgan fingerprint density at radius 3 is 2.67 bits per heavy atom. The molecule has 0 spiro atoms. The molecule has 0 N–H and O–H groups in total. The third-order valence-electron chi connectivity index (χ3n) is 6.41. The van der Waals surface area contributed by atoms with Crippen LogP contribution >= 0.6 is 0 Å². The maximum absolute atomic E-state index is 11.9. The first-order valence-electron chi connectivity index (χ1n) is 11.0. The van der Waals surface area contributed by atoms with Crippen LogP contribution in [0.3, 0.4) is 0 Å². The topological polar surface area (TPSA) is 48.6 Å². The summed E-state index contributed by atoms with van der Waals surface area (Å²) in [7, 11) is 0. The molecule has 6 nitrogen and oxygen atoms in total. The smallest absolute Gasteiger partial charge is 0.250 e. The van der Waals surface area contributed by atoms with E-state index in [-0.39, 0.29) is 11.7 Å². The largest absolute Gasteiger partial charge is 0.490 e. The number of likely N-dealkylation sites (tertiary alicyclic amines) is 1. The van der Waals surface area contributed by atoms with E-state index in [1.165, 1.54) is 10.9 Å². The van der Waals surface area contributed by atoms with Gasteiger partial charge in [-0.3, -0.25) is 4.79 Å². The van der Waals surface area contributed by atoms with Crippen molar-refractivity contribution in [1.82, 2.24) is 14.0 Å². The lowest BCUT2D eigenvalue weighted by molar-refractivity contribution is 0.0996. The summed E-state index contributed by atoms with van der Waals surface area (Å²) < 4.78 is 16.1.